The second-order valence-corrected chi connectivity index (χ2v) is 5.62. The lowest BCUT2D eigenvalue weighted by Crippen LogP contribution is -2.15. The fourth-order valence-electron chi connectivity index (χ4n) is 2.44. The van der Waals surface area contributed by atoms with Crippen molar-refractivity contribution in [2.75, 3.05) is 17.2 Å². The molecule has 1 aromatic heterocycles. The fourth-order valence-corrected chi connectivity index (χ4v) is 2.44. The van der Waals surface area contributed by atoms with Crippen molar-refractivity contribution in [2.24, 2.45) is 0 Å². The van der Waals surface area contributed by atoms with E-state index >= 15 is 0 Å². The molecule has 0 unspecified atom stereocenters. The molecule has 138 valence electrons. The Hall–Kier alpha value is -3.48. The Morgan fingerprint density at radius 3 is 2.70 bits per heavy atom. The summed E-state index contributed by atoms with van der Waals surface area (Å²) in [6, 6.07) is 15.1. The van der Waals surface area contributed by atoms with Gasteiger partial charge in [0.05, 0.1) is 12.3 Å². The van der Waals surface area contributed by atoms with Gasteiger partial charge in [0.1, 0.15) is 29.4 Å². The molecule has 0 fully saturated rings. The van der Waals surface area contributed by atoms with Crippen molar-refractivity contribution < 1.29 is 13.9 Å². The minimum atomic E-state index is -0.390. The summed E-state index contributed by atoms with van der Waals surface area (Å²) in [5.41, 5.74) is 1.25. The highest BCUT2D eigenvalue weighted by Gasteiger charge is 2.12. The van der Waals surface area contributed by atoms with Gasteiger partial charge in [-0.3, -0.25) is 4.79 Å². The zero-order valence-electron chi connectivity index (χ0n) is 14.8. The molecule has 3 aromatic rings. The Labute approximate surface area is 156 Å². The lowest BCUT2D eigenvalue weighted by molar-refractivity contribution is 0.102. The molecule has 0 radical (unpaired) electrons. The van der Waals surface area contributed by atoms with Gasteiger partial charge in [-0.05, 0) is 25.1 Å². The van der Waals surface area contributed by atoms with E-state index in [4.69, 9.17) is 4.74 Å². The summed E-state index contributed by atoms with van der Waals surface area (Å²) in [7, 11) is 0. The van der Waals surface area contributed by atoms with Crippen LogP contribution in [-0.4, -0.2) is 22.5 Å². The smallest absolute Gasteiger partial charge is 0.274 e. The average Bonchev–Trinajstić information content (AvgIpc) is 2.69. The summed E-state index contributed by atoms with van der Waals surface area (Å²) in [6.07, 6.45) is 1.28. The van der Waals surface area contributed by atoms with Crippen molar-refractivity contribution in [2.45, 2.75) is 13.5 Å². The number of amides is 1. The molecule has 0 aliphatic heterocycles. The molecule has 6 nitrogen and oxygen atoms in total. The molecule has 0 saturated heterocycles. The molecule has 0 aliphatic carbocycles. The number of ether oxygens (including phenoxy) is 1. The summed E-state index contributed by atoms with van der Waals surface area (Å²) < 4.78 is 19.2. The molecule has 0 atom stereocenters. The van der Waals surface area contributed by atoms with Gasteiger partial charge in [-0.15, -0.1) is 0 Å². The molecular formula is C20H19FN4O2. The van der Waals surface area contributed by atoms with Gasteiger partial charge in [0.25, 0.3) is 5.91 Å². The van der Waals surface area contributed by atoms with Gasteiger partial charge in [0.15, 0.2) is 0 Å². The van der Waals surface area contributed by atoms with E-state index in [0.29, 0.717) is 29.4 Å². The maximum Gasteiger partial charge on any atom is 0.274 e. The van der Waals surface area contributed by atoms with Crippen LogP contribution in [-0.2, 0) is 6.54 Å². The van der Waals surface area contributed by atoms with Gasteiger partial charge in [0, 0.05) is 18.2 Å². The minimum absolute atomic E-state index is 0.187. The molecule has 27 heavy (non-hydrogen) atoms. The molecule has 1 amide bonds. The number of carbonyl (C=O) groups is 1. The third kappa shape index (κ3) is 4.78. The minimum Gasteiger partial charge on any atom is -0.492 e. The molecule has 0 bridgehead atoms. The van der Waals surface area contributed by atoms with E-state index in [1.807, 2.05) is 13.0 Å². The second-order valence-electron chi connectivity index (χ2n) is 5.62. The molecule has 1 heterocycles. The van der Waals surface area contributed by atoms with Crippen LogP contribution >= 0.6 is 0 Å². The fraction of sp³-hybridized carbons (Fsp3) is 0.150. The summed E-state index contributed by atoms with van der Waals surface area (Å²) >= 11 is 0. The third-order valence-corrected chi connectivity index (χ3v) is 3.75. The van der Waals surface area contributed by atoms with Crippen LogP contribution in [0.5, 0.6) is 5.75 Å². The lowest BCUT2D eigenvalue weighted by atomic mass is 10.2. The maximum atomic E-state index is 13.7. The Bertz CT molecular complexity index is 933. The quantitative estimate of drug-likeness (QED) is 0.664. The molecule has 2 N–H and O–H groups in total. The number of nitrogens with one attached hydrogen (secondary N) is 2. The van der Waals surface area contributed by atoms with Crippen LogP contribution in [0.1, 0.15) is 23.0 Å². The van der Waals surface area contributed by atoms with Crippen molar-refractivity contribution in [3.05, 3.63) is 78.0 Å². The molecule has 2 aromatic carbocycles. The van der Waals surface area contributed by atoms with Crippen LogP contribution in [0.3, 0.4) is 0 Å². The van der Waals surface area contributed by atoms with Crippen LogP contribution in [0, 0.1) is 5.82 Å². The number of anilines is 2. The SMILES string of the molecule is CCOc1ccccc1NC(=O)c1cc(NCc2ccccc2F)ncn1. The third-order valence-electron chi connectivity index (χ3n) is 3.75. The number of hydrogen-bond donors (Lipinski definition) is 2. The average molecular weight is 366 g/mol. The largest absolute Gasteiger partial charge is 0.492 e. The Morgan fingerprint density at radius 2 is 1.89 bits per heavy atom. The first-order valence-electron chi connectivity index (χ1n) is 8.50. The van der Waals surface area contributed by atoms with Crippen molar-refractivity contribution in [3.63, 3.8) is 0 Å². The first kappa shape index (κ1) is 18.3. The van der Waals surface area contributed by atoms with Crippen molar-refractivity contribution in [1.29, 1.82) is 0 Å². The van der Waals surface area contributed by atoms with Gasteiger partial charge >= 0.3 is 0 Å². The van der Waals surface area contributed by atoms with E-state index in [1.54, 1.807) is 36.4 Å². The number of nitrogens with zero attached hydrogens (tertiary/aromatic N) is 2. The van der Waals surface area contributed by atoms with E-state index in [9.17, 15) is 9.18 Å². The van der Waals surface area contributed by atoms with Crippen molar-refractivity contribution in [1.82, 2.24) is 9.97 Å². The van der Waals surface area contributed by atoms with Crippen LogP contribution in [0.4, 0.5) is 15.9 Å². The van der Waals surface area contributed by atoms with Crippen molar-refractivity contribution >= 4 is 17.4 Å². The van der Waals surface area contributed by atoms with Gasteiger partial charge in [-0.2, -0.15) is 0 Å². The van der Waals surface area contributed by atoms with Gasteiger partial charge in [0.2, 0.25) is 0 Å². The molecule has 3 rings (SSSR count). The number of hydrogen-bond acceptors (Lipinski definition) is 5. The molecule has 0 spiro atoms. The van der Waals surface area contributed by atoms with Crippen LogP contribution in [0.15, 0.2) is 60.9 Å². The summed E-state index contributed by atoms with van der Waals surface area (Å²) in [5.74, 6) is 0.319. The highest BCUT2D eigenvalue weighted by molar-refractivity contribution is 6.04. The molecule has 0 saturated carbocycles. The molecule has 7 heteroatoms. The van der Waals surface area contributed by atoms with Crippen LogP contribution < -0.4 is 15.4 Å². The summed E-state index contributed by atoms with van der Waals surface area (Å²) in [6.45, 7) is 2.61. The predicted molar refractivity (Wildman–Crippen MR) is 101 cm³/mol. The zero-order chi connectivity index (χ0) is 19.1. The second kappa shape index (κ2) is 8.75. The van der Waals surface area contributed by atoms with E-state index in [-0.39, 0.29) is 18.1 Å². The van der Waals surface area contributed by atoms with Crippen LogP contribution in [0.25, 0.3) is 0 Å². The normalized spacial score (nSPS) is 10.3. The van der Waals surface area contributed by atoms with Crippen LogP contribution in [0.2, 0.25) is 0 Å². The van der Waals surface area contributed by atoms with E-state index in [2.05, 4.69) is 20.6 Å². The maximum absolute atomic E-state index is 13.7. The first-order valence-corrected chi connectivity index (χ1v) is 8.50. The van der Waals surface area contributed by atoms with E-state index in [1.165, 1.54) is 18.5 Å². The zero-order valence-corrected chi connectivity index (χ0v) is 14.8. The summed E-state index contributed by atoms with van der Waals surface area (Å²) in [5, 5.41) is 5.78. The first-order chi connectivity index (χ1) is 13.2. The number of carbonyl (C=O) groups excluding carboxylic acids is 1. The number of aromatic nitrogens is 2. The standard InChI is InChI=1S/C20H19FN4O2/c1-2-27-18-10-6-5-9-16(18)25-20(26)17-11-19(24-13-23-17)22-12-14-7-3-4-8-15(14)21/h3-11,13H,2,12H2,1H3,(H,25,26)(H,22,23,24). The van der Waals surface area contributed by atoms with Gasteiger partial charge < -0.3 is 15.4 Å². The number of halogens is 1. The number of rotatable bonds is 7. The Morgan fingerprint density at radius 1 is 1.11 bits per heavy atom. The summed E-state index contributed by atoms with van der Waals surface area (Å²) in [4.78, 5) is 20.6. The van der Waals surface area contributed by atoms with Crippen molar-refractivity contribution in [3.8, 4) is 5.75 Å². The monoisotopic (exact) mass is 366 g/mol. The van der Waals surface area contributed by atoms with E-state index in [0.717, 1.165) is 0 Å². The highest BCUT2D eigenvalue weighted by Crippen LogP contribution is 2.24. The van der Waals surface area contributed by atoms with Gasteiger partial charge in [-0.25, -0.2) is 14.4 Å². The van der Waals surface area contributed by atoms with E-state index < -0.39 is 5.91 Å². The lowest BCUT2D eigenvalue weighted by Gasteiger charge is -2.11. The number of benzene rings is 2. The number of para-hydroxylation sites is 2. The highest BCUT2D eigenvalue weighted by atomic mass is 19.1. The topological polar surface area (TPSA) is 76.1 Å². The predicted octanol–water partition coefficient (Wildman–Crippen LogP) is 3.88. The molecule has 0 aliphatic rings. The Balaban J connectivity index is 1.70. The molecular weight excluding hydrogens is 347 g/mol. The Kier molecular flexibility index (Phi) is 5.94. The van der Waals surface area contributed by atoms with Gasteiger partial charge in [-0.1, -0.05) is 30.3 Å².